The predicted molar refractivity (Wildman–Crippen MR) is 103 cm³/mol. The van der Waals surface area contributed by atoms with Crippen molar-refractivity contribution in [2.24, 2.45) is 11.1 Å². The van der Waals surface area contributed by atoms with Gasteiger partial charge in [0.2, 0.25) is 0 Å². The Kier molecular flexibility index (Phi) is 6.68. The number of hydrogen-bond donors (Lipinski definition) is 5. The van der Waals surface area contributed by atoms with Crippen LogP contribution in [-0.4, -0.2) is 31.6 Å². The lowest BCUT2D eigenvalue weighted by atomic mass is 9.90. The van der Waals surface area contributed by atoms with Gasteiger partial charge in [0.1, 0.15) is 22.7 Å². The summed E-state index contributed by atoms with van der Waals surface area (Å²) in [6, 6.07) is 4.01. The molecular weight excluding hydrogens is 427 g/mol. The molecule has 158 valence electrons. The van der Waals surface area contributed by atoms with Crippen molar-refractivity contribution in [3.05, 3.63) is 57.4 Å². The number of aliphatic hydroxyl groups is 2. The Morgan fingerprint density at radius 3 is 2.57 bits per heavy atom. The molecular formula is C18H14F3N3O5S. The van der Waals surface area contributed by atoms with E-state index < -0.39 is 47.2 Å². The van der Waals surface area contributed by atoms with Crippen LogP contribution in [0.15, 0.2) is 52.1 Å². The van der Waals surface area contributed by atoms with E-state index in [0.29, 0.717) is 0 Å². The van der Waals surface area contributed by atoms with E-state index in [1.54, 1.807) is 6.07 Å². The van der Waals surface area contributed by atoms with Crippen LogP contribution in [0.3, 0.4) is 0 Å². The minimum Gasteiger partial charge on any atom is -0.508 e. The third-order valence-corrected chi connectivity index (χ3v) is 4.49. The van der Waals surface area contributed by atoms with E-state index >= 15 is 0 Å². The van der Waals surface area contributed by atoms with Crippen LogP contribution in [0.4, 0.5) is 18.9 Å². The van der Waals surface area contributed by atoms with Crippen molar-refractivity contribution in [2.75, 3.05) is 0 Å². The molecule has 30 heavy (non-hydrogen) atoms. The first-order valence-corrected chi connectivity index (χ1v) is 8.56. The Morgan fingerprint density at radius 1 is 1.33 bits per heavy atom. The molecule has 0 amide bonds. The van der Waals surface area contributed by atoms with Crippen molar-refractivity contribution >= 4 is 22.9 Å². The van der Waals surface area contributed by atoms with Crippen LogP contribution in [0.1, 0.15) is 12.0 Å². The highest BCUT2D eigenvalue weighted by atomic mass is 32.1. The molecule has 1 unspecified atom stereocenters. The Hall–Kier alpha value is -3.59. The number of nitrogens with one attached hydrogen (secondary N) is 1. The van der Waals surface area contributed by atoms with Crippen molar-refractivity contribution in [3.8, 4) is 17.6 Å². The zero-order valence-corrected chi connectivity index (χ0v) is 15.8. The first-order valence-electron chi connectivity index (χ1n) is 8.15. The second-order valence-electron chi connectivity index (χ2n) is 6.21. The second-order valence-corrected chi connectivity index (χ2v) is 6.62. The first-order chi connectivity index (χ1) is 14.0. The topological polar surface area (TPSA) is 146 Å². The van der Waals surface area contributed by atoms with E-state index in [1.807, 2.05) is 0 Å². The molecule has 0 aliphatic heterocycles. The zero-order chi connectivity index (χ0) is 22.6. The van der Waals surface area contributed by atoms with Crippen LogP contribution >= 0.6 is 12.2 Å². The molecule has 12 heteroatoms. The van der Waals surface area contributed by atoms with Crippen molar-refractivity contribution < 1.29 is 33.6 Å². The number of nitroso groups, excluding NO2 is 1. The van der Waals surface area contributed by atoms with Crippen molar-refractivity contribution in [2.45, 2.75) is 19.1 Å². The summed E-state index contributed by atoms with van der Waals surface area (Å²) in [5, 5.41) is 52.5. The van der Waals surface area contributed by atoms with Gasteiger partial charge in [0, 0.05) is 6.54 Å². The van der Waals surface area contributed by atoms with Gasteiger partial charge in [-0.1, -0.05) is 12.2 Å². The first kappa shape index (κ1) is 22.7. The average molecular weight is 441 g/mol. The lowest BCUT2D eigenvalue weighted by Crippen LogP contribution is -2.28. The fourth-order valence-corrected chi connectivity index (χ4v) is 2.81. The Balaban J connectivity index is 2.20. The molecule has 0 saturated heterocycles. The minimum atomic E-state index is -4.80. The molecule has 0 bridgehead atoms. The molecule has 1 atom stereocenters. The summed E-state index contributed by atoms with van der Waals surface area (Å²) in [6.45, 7) is -0.107. The maximum absolute atomic E-state index is 13.0. The number of allylic oxidation sites excluding steroid dienone is 4. The fraction of sp³-hybridized carbons (Fsp3) is 0.222. The molecule has 1 aromatic carbocycles. The Morgan fingerprint density at radius 2 is 2.00 bits per heavy atom. The smallest absolute Gasteiger partial charge is 0.399 e. The summed E-state index contributed by atoms with van der Waals surface area (Å²) in [4.78, 5) is 10.5. The maximum atomic E-state index is 13.0. The molecule has 0 heterocycles. The Bertz CT molecular complexity index is 1030. The summed E-state index contributed by atoms with van der Waals surface area (Å²) in [7, 11) is 0. The highest BCUT2D eigenvalue weighted by Gasteiger charge is 2.45. The standard InChI is InChI=1S/C18H14F3N3O5S/c19-18(20,21)11-2-8(4-13(25)15(11)27)1-10(6-22)17(30)23-7-9-3-12(24-29)16(28)14(26)5-9/h1,3-5,11,25-28H,2,7H2,(H,23,30)/b10-1+. The van der Waals surface area contributed by atoms with Crippen molar-refractivity contribution in [3.63, 3.8) is 0 Å². The summed E-state index contributed by atoms with van der Waals surface area (Å²) >= 11 is 5.05. The van der Waals surface area contributed by atoms with E-state index in [4.69, 9.17) is 12.2 Å². The van der Waals surface area contributed by atoms with E-state index in [-0.39, 0.29) is 28.2 Å². The van der Waals surface area contributed by atoms with Gasteiger partial charge in [0.15, 0.2) is 22.9 Å². The second kappa shape index (κ2) is 8.83. The number of aromatic hydroxyl groups is 2. The van der Waals surface area contributed by atoms with Gasteiger partial charge in [0.05, 0.1) is 5.57 Å². The van der Waals surface area contributed by atoms with Crippen LogP contribution < -0.4 is 5.32 Å². The van der Waals surface area contributed by atoms with Crippen LogP contribution in [0, 0.1) is 22.2 Å². The van der Waals surface area contributed by atoms with Gasteiger partial charge in [-0.05, 0) is 47.0 Å². The number of nitrogens with zero attached hydrogens (tertiary/aromatic N) is 2. The van der Waals surface area contributed by atoms with E-state index in [9.17, 15) is 43.8 Å². The van der Waals surface area contributed by atoms with E-state index in [0.717, 1.165) is 24.3 Å². The monoisotopic (exact) mass is 441 g/mol. The van der Waals surface area contributed by atoms with Crippen LogP contribution in [-0.2, 0) is 6.54 Å². The fourth-order valence-electron chi connectivity index (χ4n) is 2.63. The number of hydrogen-bond acceptors (Lipinski definition) is 8. The number of halogens is 3. The van der Waals surface area contributed by atoms with E-state index in [1.165, 1.54) is 0 Å². The normalized spacial score (nSPS) is 17.2. The quantitative estimate of drug-likeness (QED) is 0.150. The summed E-state index contributed by atoms with van der Waals surface area (Å²) in [6.07, 6.45) is -3.56. The van der Waals surface area contributed by atoms with Crippen LogP contribution in [0.5, 0.6) is 11.5 Å². The average Bonchev–Trinajstić information content (AvgIpc) is 2.68. The lowest BCUT2D eigenvalue weighted by Gasteiger charge is -2.24. The van der Waals surface area contributed by atoms with Crippen molar-refractivity contribution in [1.29, 1.82) is 5.26 Å². The molecule has 2 rings (SSSR count). The van der Waals surface area contributed by atoms with Crippen LogP contribution in [0.25, 0.3) is 0 Å². The largest absolute Gasteiger partial charge is 0.508 e. The molecule has 1 aliphatic carbocycles. The summed E-state index contributed by atoms with van der Waals surface area (Å²) in [5.74, 6) is -5.78. The molecule has 0 aromatic heterocycles. The number of phenolic OH excluding ortho intramolecular Hbond substituents is 2. The number of rotatable bonds is 5. The Labute approximate surface area is 172 Å². The highest BCUT2D eigenvalue weighted by molar-refractivity contribution is 7.80. The number of thiocarbonyl (C=S) groups is 1. The molecule has 0 fully saturated rings. The zero-order valence-electron chi connectivity index (χ0n) is 14.9. The predicted octanol–water partition coefficient (Wildman–Crippen LogP) is 4.20. The van der Waals surface area contributed by atoms with Crippen molar-refractivity contribution in [1.82, 2.24) is 5.32 Å². The summed E-state index contributed by atoms with van der Waals surface area (Å²) < 4.78 is 39.1. The van der Waals surface area contributed by atoms with Gasteiger partial charge in [-0.25, -0.2) is 0 Å². The number of aliphatic hydroxyl groups excluding tert-OH is 2. The third-order valence-electron chi connectivity index (χ3n) is 4.13. The molecule has 1 aliphatic rings. The summed E-state index contributed by atoms with van der Waals surface area (Å²) in [5.41, 5.74) is -0.438. The molecule has 5 N–H and O–H groups in total. The molecule has 0 saturated carbocycles. The van der Waals surface area contributed by atoms with Gasteiger partial charge in [-0.3, -0.25) is 0 Å². The number of alkyl halides is 3. The maximum Gasteiger partial charge on any atom is 0.399 e. The SMILES string of the molecule is N#C/C(=C\C1=CC(O)=C(O)C(C(F)(F)F)C1)C(=S)NCc1cc(O)c(O)c(N=O)c1. The van der Waals surface area contributed by atoms with Gasteiger partial charge in [-0.2, -0.15) is 18.4 Å². The number of nitriles is 1. The molecule has 1 aromatic rings. The number of benzene rings is 1. The molecule has 8 nitrogen and oxygen atoms in total. The van der Waals surface area contributed by atoms with Gasteiger partial charge >= 0.3 is 6.18 Å². The highest BCUT2D eigenvalue weighted by Crippen LogP contribution is 2.40. The van der Waals surface area contributed by atoms with E-state index in [2.05, 4.69) is 10.5 Å². The molecule has 0 radical (unpaired) electrons. The molecule has 0 spiro atoms. The van der Waals surface area contributed by atoms with Gasteiger partial charge < -0.3 is 25.7 Å². The lowest BCUT2D eigenvalue weighted by molar-refractivity contribution is -0.172. The third kappa shape index (κ3) is 5.06. The van der Waals surface area contributed by atoms with Crippen LogP contribution in [0.2, 0.25) is 0 Å². The van der Waals surface area contributed by atoms with Gasteiger partial charge in [-0.15, -0.1) is 4.91 Å². The minimum absolute atomic E-state index is 0.0805. The van der Waals surface area contributed by atoms with Gasteiger partial charge in [0.25, 0.3) is 0 Å². The number of phenols is 2.